The fraction of sp³-hybridized carbons (Fsp3) is 0.864. The van der Waals surface area contributed by atoms with E-state index in [9.17, 15) is 24.6 Å². The molecule has 3 fully saturated rings. The monoisotopic (exact) mass is 426 g/mol. The minimum absolute atomic E-state index is 0.0349. The van der Waals surface area contributed by atoms with Gasteiger partial charge < -0.3 is 24.4 Å². The van der Waals surface area contributed by atoms with Crippen molar-refractivity contribution in [2.45, 2.75) is 90.3 Å². The Morgan fingerprint density at radius 3 is 2.37 bits per heavy atom. The maximum absolute atomic E-state index is 13.2. The third-order valence-electron chi connectivity index (χ3n) is 6.82. The first-order valence-corrected chi connectivity index (χ1v) is 10.8. The van der Waals surface area contributed by atoms with Gasteiger partial charge in [0.25, 0.3) is 0 Å². The molecular formula is C22H34O8. The molecule has 1 heterocycles. The molecule has 0 amide bonds. The van der Waals surface area contributed by atoms with Gasteiger partial charge in [-0.25, -0.2) is 0 Å². The molecule has 1 aliphatic heterocycles. The Morgan fingerprint density at radius 1 is 1.20 bits per heavy atom. The van der Waals surface area contributed by atoms with Gasteiger partial charge in [-0.1, -0.05) is 13.8 Å². The number of carbonyl (C=O) groups is 3. The lowest BCUT2D eigenvalue weighted by molar-refractivity contribution is -0.181. The lowest BCUT2D eigenvalue weighted by atomic mass is 9.78. The molecule has 2 saturated carbocycles. The fourth-order valence-electron chi connectivity index (χ4n) is 4.99. The zero-order valence-electron chi connectivity index (χ0n) is 18.6. The number of rotatable bonds is 8. The third-order valence-corrected chi connectivity index (χ3v) is 6.82. The Bertz CT molecular complexity index is 703. The van der Waals surface area contributed by atoms with Crippen LogP contribution in [0.2, 0.25) is 0 Å². The summed E-state index contributed by atoms with van der Waals surface area (Å²) in [5.74, 6) is -3.67. The molecule has 0 aromatic heterocycles. The molecule has 170 valence electrons. The second-order valence-electron chi connectivity index (χ2n) is 10.3. The number of hydrogen-bond acceptors (Lipinski definition) is 8. The van der Waals surface area contributed by atoms with Crippen molar-refractivity contribution in [1.82, 2.24) is 0 Å². The molecule has 8 nitrogen and oxygen atoms in total. The van der Waals surface area contributed by atoms with Crippen molar-refractivity contribution in [3.05, 3.63) is 0 Å². The van der Waals surface area contributed by atoms with Gasteiger partial charge in [0, 0.05) is 18.3 Å². The lowest BCUT2D eigenvalue weighted by Crippen LogP contribution is -2.48. The number of ether oxygens (including phenoxy) is 3. The summed E-state index contributed by atoms with van der Waals surface area (Å²) in [7, 11) is 0. The van der Waals surface area contributed by atoms with E-state index in [1.807, 2.05) is 6.92 Å². The van der Waals surface area contributed by atoms with Crippen LogP contribution in [0.1, 0.15) is 60.8 Å². The normalized spacial score (nSPS) is 34.5. The van der Waals surface area contributed by atoms with Gasteiger partial charge in [0.05, 0.1) is 29.0 Å². The van der Waals surface area contributed by atoms with Gasteiger partial charge in [0.1, 0.15) is 18.3 Å². The van der Waals surface area contributed by atoms with Crippen LogP contribution in [0.15, 0.2) is 0 Å². The van der Waals surface area contributed by atoms with E-state index in [4.69, 9.17) is 14.2 Å². The second-order valence-corrected chi connectivity index (χ2v) is 10.3. The molecule has 8 atom stereocenters. The van der Waals surface area contributed by atoms with Crippen LogP contribution >= 0.6 is 0 Å². The predicted octanol–water partition coefficient (Wildman–Crippen LogP) is 1.60. The minimum atomic E-state index is -1.38. The Labute approximate surface area is 177 Å². The topological polar surface area (TPSA) is 119 Å². The van der Waals surface area contributed by atoms with Crippen molar-refractivity contribution < 1.29 is 38.8 Å². The van der Waals surface area contributed by atoms with E-state index < -0.39 is 53.3 Å². The highest BCUT2D eigenvalue weighted by Crippen LogP contribution is 2.59. The van der Waals surface area contributed by atoms with Crippen LogP contribution in [-0.4, -0.2) is 57.6 Å². The molecule has 0 spiro atoms. The SMILES string of the molecule is CCC(C)C(=O)OC1C2CC3C1OC(=O)C3C2C(=O)OC(CC(C)(C)O)C(C)(C)O. The maximum atomic E-state index is 13.2. The average molecular weight is 427 g/mol. The van der Waals surface area contributed by atoms with E-state index in [0.717, 1.165) is 0 Å². The lowest BCUT2D eigenvalue weighted by Gasteiger charge is -2.36. The van der Waals surface area contributed by atoms with Crippen molar-refractivity contribution in [2.75, 3.05) is 0 Å². The molecule has 3 rings (SSSR count). The zero-order valence-corrected chi connectivity index (χ0v) is 18.6. The molecule has 2 bridgehead atoms. The first-order valence-electron chi connectivity index (χ1n) is 10.8. The highest BCUT2D eigenvalue weighted by Gasteiger charge is 2.70. The highest BCUT2D eigenvalue weighted by atomic mass is 16.6. The first-order chi connectivity index (χ1) is 13.7. The maximum Gasteiger partial charge on any atom is 0.310 e. The average Bonchev–Trinajstić information content (AvgIpc) is 3.21. The van der Waals surface area contributed by atoms with E-state index in [2.05, 4.69) is 0 Å². The fourth-order valence-corrected chi connectivity index (χ4v) is 4.99. The predicted molar refractivity (Wildman–Crippen MR) is 105 cm³/mol. The number of hydrogen-bond donors (Lipinski definition) is 2. The largest absolute Gasteiger partial charge is 0.459 e. The Balaban J connectivity index is 1.80. The molecule has 8 heteroatoms. The van der Waals surface area contributed by atoms with Crippen LogP contribution < -0.4 is 0 Å². The van der Waals surface area contributed by atoms with E-state index in [-0.39, 0.29) is 30.1 Å². The van der Waals surface area contributed by atoms with Crippen LogP contribution in [0.4, 0.5) is 0 Å². The van der Waals surface area contributed by atoms with Crippen molar-refractivity contribution in [2.24, 2.45) is 29.6 Å². The third kappa shape index (κ3) is 4.21. The minimum Gasteiger partial charge on any atom is -0.459 e. The summed E-state index contributed by atoms with van der Waals surface area (Å²) < 4.78 is 16.8. The van der Waals surface area contributed by atoms with Crippen molar-refractivity contribution in [1.29, 1.82) is 0 Å². The van der Waals surface area contributed by atoms with Gasteiger partial charge >= 0.3 is 17.9 Å². The Morgan fingerprint density at radius 2 is 1.83 bits per heavy atom. The number of fused-ring (bicyclic) bond motifs is 1. The summed E-state index contributed by atoms with van der Waals surface area (Å²) in [5, 5.41) is 20.6. The summed E-state index contributed by atoms with van der Waals surface area (Å²) in [6, 6.07) is 0. The molecule has 1 saturated heterocycles. The van der Waals surface area contributed by atoms with Crippen molar-refractivity contribution in [3.8, 4) is 0 Å². The molecule has 0 radical (unpaired) electrons. The van der Waals surface area contributed by atoms with E-state index in [1.165, 1.54) is 13.8 Å². The van der Waals surface area contributed by atoms with Crippen molar-refractivity contribution in [3.63, 3.8) is 0 Å². The summed E-state index contributed by atoms with van der Waals surface area (Å²) >= 11 is 0. The molecule has 30 heavy (non-hydrogen) atoms. The molecular weight excluding hydrogens is 392 g/mol. The van der Waals surface area contributed by atoms with E-state index in [0.29, 0.717) is 12.8 Å². The molecule has 2 N–H and O–H groups in total. The van der Waals surface area contributed by atoms with Crippen LogP contribution in [-0.2, 0) is 28.6 Å². The van der Waals surface area contributed by atoms with Gasteiger partial charge in [-0.05, 0) is 40.5 Å². The first kappa shape index (κ1) is 23.0. The Hall–Kier alpha value is -1.67. The van der Waals surface area contributed by atoms with Crippen LogP contribution in [0, 0.1) is 29.6 Å². The van der Waals surface area contributed by atoms with Gasteiger partial charge in [-0.3, -0.25) is 14.4 Å². The van der Waals surface area contributed by atoms with Crippen LogP contribution in [0.3, 0.4) is 0 Å². The number of carbonyl (C=O) groups excluding carboxylic acids is 3. The summed E-state index contributed by atoms with van der Waals surface area (Å²) in [4.78, 5) is 38.0. The van der Waals surface area contributed by atoms with Crippen molar-refractivity contribution >= 4 is 17.9 Å². The van der Waals surface area contributed by atoms with E-state index >= 15 is 0 Å². The molecule has 0 aromatic carbocycles. The smallest absolute Gasteiger partial charge is 0.310 e. The highest BCUT2D eigenvalue weighted by molar-refractivity contribution is 5.86. The van der Waals surface area contributed by atoms with Gasteiger partial charge in [0.2, 0.25) is 0 Å². The van der Waals surface area contributed by atoms with Gasteiger partial charge in [0.15, 0.2) is 0 Å². The summed E-state index contributed by atoms with van der Waals surface area (Å²) in [6.45, 7) is 9.82. The zero-order chi connectivity index (χ0) is 22.6. The second kappa shape index (κ2) is 7.79. The molecule has 3 aliphatic rings. The molecule has 8 unspecified atom stereocenters. The van der Waals surface area contributed by atoms with E-state index in [1.54, 1.807) is 20.8 Å². The quantitative estimate of drug-likeness (QED) is 0.444. The molecule has 0 aromatic rings. The van der Waals surface area contributed by atoms with Crippen LogP contribution in [0.25, 0.3) is 0 Å². The Kier molecular flexibility index (Phi) is 5.97. The summed E-state index contributed by atoms with van der Waals surface area (Å²) in [6.07, 6.45) is -0.913. The summed E-state index contributed by atoms with van der Waals surface area (Å²) in [5.41, 5.74) is -2.54. The van der Waals surface area contributed by atoms with Gasteiger partial charge in [-0.15, -0.1) is 0 Å². The molecule has 2 aliphatic carbocycles. The standard InChI is InChI=1S/C22H34O8/c1-7-10(2)18(23)29-16-11-8-12-15(20(25)30-17(12)16)14(11)19(24)28-13(22(5,6)27)9-21(3,4)26/h10-17,26-27H,7-9H2,1-6H3. The number of esters is 3. The van der Waals surface area contributed by atoms with Crippen LogP contribution in [0.5, 0.6) is 0 Å². The number of aliphatic hydroxyl groups is 2. The van der Waals surface area contributed by atoms with Gasteiger partial charge in [-0.2, -0.15) is 0 Å².